The van der Waals surface area contributed by atoms with Gasteiger partial charge in [0.25, 0.3) is 0 Å². The molecule has 122 valence electrons. The summed E-state index contributed by atoms with van der Waals surface area (Å²) in [7, 11) is 2.28. The zero-order valence-electron chi connectivity index (χ0n) is 14.7. The first-order valence-electron chi connectivity index (χ1n) is 8.85. The second-order valence-corrected chi connectivity index (χ2v) is 7.97. The lowest BCUT2D eigenvalue weighted by atomic mass is 9.66. The Morgan fingerprint density at radius 3 is 2.00 bits per heavy atom. The largest absolute Gasteiger partial charge is 0.342 e. The number of hydrogen-bond acceptors (Lipinski definition) is 2. The van der Waals surface area contributed by atoms with Crippen LogP contribution in [0.1, 0.15) is 66.2 Å². The van der Waals surface area contributed by atoms with Gasteiger partial charge in [0.05, 0.1) is 0 Å². The van der Waals surface area contributed by atoms with Gasteiger partial charge in [-0.3, -0.25) is 4.79 Å². The van der Waals surface area contributed by atoms with E-state index < -0.39 is 0 Å². The third-order valence-electron chi connectivity index (χ3n) is 6.04. The molecule has 0 aromatic heterocycles. The Hall–Kier alpha value is -0.570. The molecule has 21 heavy (non-hydrogen) atoms. The average molecular weight is 294 g/mol. The van der Waals surface area contributed by atoms with Crippen LogP contribution in [0.4, 0.5) is 0 Å². The minimum absolute atomic E-state index is 0.148. The lowest BCUT2D eigenvalue weighted by Crippen LogP contribution is -2.48. The van der Waals surface area contributed by atoms with Gasteiger partial charge in [0.2, 0.25) is 5.91 Å². The van der Waals surface area contributed by atoms with Gasteiger partial charge in [0.1, 0.15) is 0 Å². The highest BCUT2D eigenvalue weighted by Gasteiger charge is 2.40. The Morgan fingerprint density at radius 1 is 1.05 bits per heavy atom. The van der Waals surface area contributed by atoms with E-state index in [4.69, 9.17) is 0 Å². The van der Waals surface area contributed by atoms with Crippen LogP contribution in [0.15, 0.2) is 0 Å². The van der Waals surface area contributed by atoms with Crippen LogP contribution >= 0.6 is 0 Å². The molecule has 1 aliphatic carbocycles. The second kappa shape index (κ2) is 6.68. The van der Waals surface area contributed by atoms with E-state index >= 15 is 0 Å². The molecule has 1 saturated carbocycles. The van der Waals surface area contributed by atoms with Crippen molar-refractivity contribution in [3.8, 4) is 0 Å². The van der Waals surface area contributed by atoms with E-state index in [2.05, 4.69) is 30.7 Å². The smallest absolute Gasteiger partial charge is 0.225 e. The van der Waals surface area contributed by atoms with E-state index in [0.717, 1.165) is 19.1 Å². The molecular formula is C18H34N2O. The first kappa shape index (κ1) is 16.8. The normalized spacial score (nSPS) is 23.5. The van der Waals surface area contributed by atoms with Crippen molar-refractivity contribution in [3.63, 3.8) is 0 Å². The van der Waals surface area contributed by atoms with Crippen LogP contribution in [0.2, 0.25) is 0 Å². The van der Waals surface area contributed by atoms with Crippen molar-refractivity contribution in [3.05, 3.63) is 0 Å². The van der Waals surface area contributed by atoms with Crippen molar-refractivity contribution >= 4 is 5.91 Å². The summed E-state index contributed by atoms with van der Waals surface area (Å²) in [5.74, 6) is 0.493. The summed E-state index contributed by atoms with van der Waals surface area (Å²) in [6, 6.07) is 1.42. The monoisotopic (exact) mass is 294 g/mol. The van der Waals surface area contributed by atoms with Gasteiger partial charge in [-0.15, -0.1) is 0 Å². The average Bonchev–Trinajstić information content (AvgIpc) is 2.47. The molecule has 0 unspecified atom stereocenters. The molecule has 0 bridgehead atoms. The molecule has 0 atom stereocenters. The maximum absolute atomic E-state index is 12.1. The standard InChI is InChI=1S/C18H34N2O/c1-14(2)17(21)20-12-10-18(11-13-20)8-6-16(7-9-18)19(5)15(3)4/h14-16H,6-13H2,1-5H3. The highest BCUT2D eigenvalue weighted by Crippen LogP contribution is 2.45. The van der Waals surface area contributed by atoms with Gasteiger partial charge in [-0.25, -0.2) is 0 Å². The van der Waals surface area contributed by atoms with Crippen molar-refractivity contribution in [2.75, 3.05) is 20.1 Å². The van der Waals surface area contributed by atoms with Crippen LogP contribution in [-0.2, 0) is 4.79 Å². The van der Waals surface area contributed by atoms with Crippen LogP contribution in [0.5, 0.6) is 0 Å². The molecule has 1 amide bonds. The van der Waals surface area contributed by atoms with Crippen LogP contribution < -0.4 is 0 Å². The first-order chi connectivity index (χ1) is 9.84. The molecule has 3 heteroatoms. The fourth-order valence-corrected chi connectivity index (χ4v) is 4.11. The number of carbonyl (C=O) groups excluding carboxylic acids is 1. The molecule has 2 aliphatic rings. The number of rotatable bonds is 3. The summed E-state index contributed by atoms with van der Waals surface area (Å²) in [6.07, 6.45) is 7.85. The van der Waals surface area contributed by atoms with Crippen LogP contribution in [0, 0.1) is 11.3 Å². The van der Waals surface area contributed by atoms with E-state index in [1.165, 1.54) is 38.5 Å². The molecule has 2 rings (SSSR count). The van der Waals surface area contributed by atoms with E-state index in [9.17, 15) is 4.79 Å². The minimum Gasteiger partial charge on any atom is -0.342 e. The SMILES string of the molecule is CC(C)C(=O)N1CCC2(CCC(N(C)C(C)C)CC2)CC1. The molecule has 0 N–H and O–H groups in total. The zero-order chi connectivity index (χ0) is 15.6. The van der Waals surface area contributed by atoms with Crippen molar-refractivity contribution in [2.24, 2.45) is 11.3 Å². The van der Waals surface area contributed by atoms with Crippen LogP contribution in [-0.4, -0.2) is 47.9 Å². The van der Waals surface area contributed by atoms with Gasteiger partial charge in [-0.1, -0.05) is 13.8 Å². The molecule has 1 aliphatic heterocycles. The number of likely N-dealkylation sites (tertiary alicyclic amines) is 1. The number of amides is 1. The molecule has 2 fully saturated rings. The first-order valence-corrected chi connectivity index (χ1v) is 8.85. The summed E-state index contributed by atoms with van der Waals surface area (Å²) >= 11 is 0. The summed E-state index contributed by atoms with van der Waals surface area (Å²) in [6.45, 7) is 10.6. The Balaban J connectivity index is 1.84. The molecule has 1 spiro atoms. The number of nitrogens with zero attached hydrogens (tertiary/aromatic N) is 2. The molecular weight excluding hydrogens is 260 g/mol. The highest BCUT2D eigenvalue weighted by atomic mass is 16.2. The minimum atomic E-state index is 0.148. The lowest BCUT2D eigenvalue weighted by molar-refractivity contribution is -0.137. The Morgan fingerprint density at radius 2 is 1.57 bits per heavy atom. The fraction of sp³-hybridized carbons (Fsp3) is 0.944. The third kappa shape index (κ3) is 3.80. The van der Waals surface area contributed by atoms with Crippen molar-refractivity contribution in [1.82, 2.24) is 9.80 Å². The van der Waals surface area contributed by atoms with E-state index in [1.807, 2.05) is 13.8 Å². The van der Waals surface area contributed by atoms with Gasteiger partial charge in [-0.2, -0.15) is 0 Å². The summed E-state index contributed by atoms with van der Waals surface area (Å²) in [4.78, 5) is 16.8. The molecule has 3 nitrogen and oxygen atoms in total. The number of carbonyl (C=O) groups is 1. The van der Waals surface area contributed by atoms with E-state index in [1.54, 1.807) is 0 Å². The molecule has 0 radical (unpaired) electrons. The predicted octanol–water partition coefficient (Wildman–Crippen LogP) is 3.53. The Labute approximate surface area is 131 Å². The molecule has 0 aromatic rings. The van der Waals surface area contributed by atoms with Crippen molar-refractivity contribution in [2.45, 2.75) is 78.3 Å². The number of piperidine rings is 1. The Bertz CT molecular complexity index is 346. The summed E-state index contributed by atoms with van der Waals surface area (Å²) in [5, 5.41) is 0. The zero-order valence-corrected chi connectivity index (χ0v) is 14.7. The number of hydrogen-bond donors (Lipinski definition) is 0. The van der Waals surface area contributed by atoms with Gasteiger partial charge in [-0.05, 0) is 64.8 Å². The fourth-order valence-electron chi connectivity index (χ4n) is 4.11. The lowest BCUT2D eigenvalue weighted by Gasteiger charge is -2.48. The van der Waals surface area contributed by atoms with Gasteiger partial charge >= 0.3 is 0 Å². The van der Waals surface area contributed by atoms with Gasteiger partial charge in [0.15, 0.2) is 0 Å². The van der Waals surface area contributed by atoms with Crippen molar-refractivity contribution in [1.29, 1.82) is 0 Å². The third-order valence-corrected chi connectivity index (χ3v) is 6.04. The molecule has 1 saturated heterocycles. The van der Waals surface area contributed by atoms with E-state index in [-0.39, 0.29) is 5.92 Å². The van der Waals surface area contributed by atoms with Crippen LogP contribution in [0.3, 0.4) is 0 Å². The topological polar surface area (TPSA) is 23.6 Å². The molecule has 1 heterocycles. The summed E-state index contributed by atoms with van der Waals surface area (Å²) in [5.41, 5.74) is 0.544. The Kier molecular flexibility index (Phi) is 5.34. The van der Waals surface area contributed by atoms with Gasteiger partial charge < -0.3 is 9.80 Å². The van der Waals surface area contributed by atoms with Crippen LogP contribution in [0.25, 0.3) is 0 Å². The maximum atomic E-state index is 12.1. The molecule has 0 aromatic carbocycles. The second-order valence-electron chi connectivity index (χ2n) is 7.97. The maximum Gasteiger partial charge on any atom is 0.225 e. The highest BCUT2D eigenvalue weighted by molar-refractivity contribution is 5.78. The quantitative estimate of drug-likeness (QED) is 0.795. The van der Waals surface area contributed by atoms with Crippen molar-refractivity contribution < 1.29 is 4.79 Å². The van der Waals surface area contributed by atoms with Gasteiger partial charge in [0, 0.05) is 31.1 Å². The summed E-state index contributed by atoms with van der Waals surface area (Å²) < 4.78 is 0. The predicted molar refractivity (Wildman–Crippen MR) is 88.2 cm³/mol. The van der Waals surface area contributed by atoms with E-state index in [0.29, 0.717) is 17.4 Å².